The van der Waals surface area contributed by atoms with E-state index in [0.717, 1.165) is 0 Å². The third kappa shape index (κ3) is 2.71. The summed E-state index contributed by atoms with van der Waals surface area (Å²) >= 11 is 1.47. The Morgan fingerprint density at radius 2 is 2.09 bits per heavy atom. The van der Waals surface area contributed by atoms with E-state index >= 15 is 0 Å². The minimum atomic E-state index is -1.18. The van der Waals surface area contributed by atoms with Gasteiger partial charge in [-0.2, -0.15) is 0 Å². The summed E-state index contributed by atoms with van der Waals surface area (Å²) in [5.41, 5.74) is -0.518. The smallest absolute Gasteiger partial charge is 0.175 e. The fraction of sp³-hybridized carbons (Fsp3) is 0.250. The van der Waals surface area contributed by atoms with Crippen molar-refractivity contribution < 1.29 is 9.50 Å². The van der Waals surface area contributed by atoms with Crippen LogP contribution in [0.1, 0.15) is 12.5 Å². The number of thioether (sulfide) groups is 1. The zero-order valence-electron chi connectivity index (χ0n) is 12.1. The Kier molecular flexibility index (Phi) is 4.13. The Hall–Kier alpha value is -1.92. The van der Waals surface area contributed by atoms with Crippen LogP contribution in [0, 0.1) is 5.82 Å². The molecule has 1 aromatic heterocycles. The van der Waals surface area contributed by atoms with Gasteiger partial charge < -0.3 is 10.0 Å². The first-order valence-electron chi connectivity index (χ1n) is 7.02. The number of halogens is 1. The second-order valence-corrected chi connectivity index (χ2v) is 5.88. The van der Waals surface area contributed by atoms with Crippen molar-refractivity contribution in [2.24, 2.45) is 4.99 Å². The van der Waals surface area contributed by atoms with Crippen LogP contribution in [-0.2, 0) is 5.72 Å². The molecule has 0 spiro atoms. The lowest BCUT2D eigenvalue weighted by molar-refractivity contribution is -0.0452. The molecule has 22 heavy (non-hydrogen) atoms. The highest BCUT2D eigenvalue weighted by Crippen LogP contribution is 2.39. The quantitative estimate of drug-likeness (QED) is 0.945. The van der Waals surface area contributed by atoms with Crippen LogP contribution in [-0.4, -0.2) is 32.5 Å². The maximum atomic E-state index is 13.1. The van der Waals surface area contributed by atoms with Crippen LogP contribution in [0.5, 0.6) is 0 Å². The molecule has 4 nitrogen and oxygen atoms in total. The lowest BCUT2D eigenvalue weighted by Gasteiger charge is -2.33. The van der Waals surface area contributed by atoms with Crippen molar-refractivity contribution in [2.45, 2.75) is 12.6 Å². The van der Waals surface area contributed by atoms with Crippen molar-refractivity contribution in [3.63, 3.8) is 0 Å². The van der Waals surface area contributed by atoms with E-state index in [2.05, 4.69) is 9.98 Å². The fourth-order valence-corrected chi connectivity index (χ4v) is 3.69. The molecule has 3 rings (SSSR count). The summed E-state index contributed by atoms with van der Waals surface area (Å²) in [6, 6.07) is 11.5. The van der Waals surface area contributed by atoms with Crippen LogP contribution in [0.25, 0.3) is 0 Å². The van der Waals surface area contributed by atoms with E-state index in [4.69, 9.17) is 0 Å². The molecule has 1 aliphatic rings. The van der Waals surface area contributed by atoms with Crippen LogP contribution in [0.4, 0.5) is 10.2 Å². The monoisotopic (exact) mass is 317 g/mol. The van der Waals surface area contributed by atoms with Gasteiger partial charge in [0.1, 0.15) is 5.82 Å². The summed E-state index contributed by atoms with van der Waals surface area (Å²) in [4.78, 5) is 10.5. The van der Waals surface area contributed by atoms with Gasteiger partial charge in [0.15, 0.2) is 16.7 Å². The Morgan fingerprint density at radius 1 is 1.32 bits per heavy atom. The highest BCUT2D eigenvalue weighted by Gasteiger charge is 2.44. The number of hydrogen-bond donors (Lipinski definition) is 1. The van der Waals surface area contributed by atoms with E-state index in [-0.39, 0.29) is 5.82 Å². The van der Waals surface area contributed by atoms with Crippen molar-refractivity contribution in [3.05, 3.63) is 60.0 Å². The van der Waals surface area contributed by atoms with Gasteiger partial charge in [-0.15, -0.1) is 0 Å². The summed E-state index contributed by atoms with van der Waals surface area (Å²) in [5, 5.41) is 11.8. The highest BCUT2D eigenvalue weighted by molar-refractivity contribution is 8.14. The van der Waals surface area contributed by atoms with Crippen molar-refractivity contribution in [2.75, 3.05) is 12.3 Å². The van der Waals surface area contributed by atoms with Gasteiger partial charge in [0.25, 0.3) is 0 Å². The Labute approximate surface area is 132 Å². The molecule has 1 aromatic carbocycles. The molecule has 6 heteroatoms. The third-order valence-electron chi connectivity index (χ3n) is 3.56. The lowest BCUT2D eigenvalue weighted by Crippen LogP contribution is -2.44. The first kappa shape index (κ1) is 15.0. The number of pyridine rings is 1. The van der Waals surface area contributed by atoms with E-state index in [9.17, 15) is 9.50 Å². The van der Waals surface area contributed by atoms with Gasteiger partial charge in [-0.1, -0.05) is 30.0 Å². The maximum Gasteiger partial charge on any atom is 0.175 e. The topological polar surface area (TPSA) is 48.7 Å². The maximum absolute atomic E-state index is 13.1. The fourth-order valence-electron chi connectivity index (χ4n) is 2.44. The molecule has 1 saturated heterocycles. The van der Waals surface area contributed by atoms with Gasteiger partial charge >= 0.3 is 0 Å². The van der Waals surface area contributed by atoms with Crippen LogP contribution in [0.3, 0.4) is 0 Å². The predicted octanol–water partition coefficient (Wildman–Crippen LogP) is 3.12. The number of hydrogen-bond acceptors (Lipinski definition) is 4. The minimum absolute atomic E-state index is 0.316. The van der Waals surface area contributed by atoms with E-state index < -0.39 is 5.72 Å². The normalized spacial score (nSPS) is 23.2. The van der Waals surface area contributed by atoms with Crippen LogP contribution in [0.15, 0.2) is 53.7 Å². The number of amidine groups is 1. The van der Waals surface area contributed by atoms with E-state index in [1.807, 2.05) is 30.0 Å². The molecule has 2 heterocycles. The number of benzene rings is 1. The number of rotatable bonds is 3. The molecular formula is C16H16FN3OS. The zero-order valence-corrected chi connectivity index (χ0v) is 12.9. The van der Waals surface area contributed by atoms with Gasteiger partial charge in [0.2, 0.25) is 0 Å². The largest absolute Gasteiger partial charge is 0.366 e. The van der Waals surface area contributed by atoms with Crippen molar-refractivity contribution in [1.82, 2.24) is 9.88 Å². The molecule has 1 aliphatic heterocycles. The average Bonchev–Trinajstić information content (AvgIpc) is 2.86. The summed E-state index contributed by atoms with van der Waals surface area (Å²) in [6.45, 7) is 2.54. The Bertz CT molecular complexity index is 678. The van der Waals surface area contributed by atoms with Gasteiger partial charge in [0.05, 0.1) is 5.75 Å². The molecule has 114 valence electrons. The molecule has 0 radical (unpaired) electrons. The summed E-state index contributed by atoms with van der Waals surface area (Å²) < 4.78 is 13.1. The van der Waals surface area contributed by atoms with Crippen LogP contribution >= 0.6 is 11.8 Å². The summed E-state index contributed by atoms with van der Waals surface area (Å²) in [6.07, 6.45) is 1.68. The first-order chi connectivity index (χ1) is 10.6. The molecule has 0 amide bonds. The van der Waals surface area contributed by atoms with Crippen LogP contribution < -0.4 is 0 Å². The molecule has 0 bridgehead atoms. The number of aliphatic hydroxyl groups is 1. The van der Waals surface area contributed by atoms with E-state index in [0.29, 0.717) is 28.8 Å². The van der Waals surface area contributed by atoms with Crippen molar-refractivity contribution in [3.8, 4) is 0 Å². The lowest BCUT2D eigenvalue weighted by atomic mass is 10.0. The number of aliphatic imine (C=N–C) groups is 1. The van der Waals surface area contributed by atoms with Crippen LogP contribution in [0.2, 0.25) is 0 Å². The summed E-state index contributed by atoms with van der Waals surface area (Å²) in [7, 11) is 0. The van der Waals surface area contributed by atoms with Gasteiger partial charge in [0, 0.05) is 18.3 Å². The minimum Gasteiger partial charge on any atom is -0.366 e. The Balaban J connectivity index is 1.95. The molecule has 1 fully saturated rings. The summed E-state index contributed by atoms with van der Waals surface area (Å²) in [5.74, 6) is 0.730. The highest BCUT2D eigenvalue weighted by atomic mass is 32.2. The second kappa shape index (κ2) is 6.06. The zero-order chi connectivity index (χ0) is 15.6. The standard InChI is InChI=1S/C16H16FN3OS/c1-2-20-15(19-14-5-3-4-10-18-14)22-11-16(20,21)12-6-8-13(17)9-7-12/h3-10,21H,2,11H2,1H3. The Morgan fingerprint density at radius 3 is 2.73 bits per heavy atom. The van der Waals surface area contributed by atoms with Gasteiger partial charge in [-0.3, -0.25) is 0 Å². The SMILES string of the molecule is CCN1C(=Nc2ccccn2)SCC1(O)c1ccc(F)cc1. The molecule has 0 saturated carbocycles. The molecule has 1 N–H and O–H groups in total. The third-order valence-corrected chi connectivity index (χ3v) is 4.68. The van der Waals surface area contributed by atoms with Gasteiger partial charge in [-0.05, 0) is 31.2 Å². The number of nitrogens with zero attached hydrogens (tertiary/aromatic N) is 3. The first-order valence-corrected chi connectivity index (χ1v) is 8.00. The second-order valence-electron chi connectivity index (χ2n) is 4.94. The molecular weight excluding hydrogens is 301 g/mol. The van der Waals surface area contributed by atoms with E-state index in [1.165, 1.54) is 23.9 Å². The van der Waals surface area contributed by atoms with Crippen molar-refractivity contribution in [1.29, 1.82) is 0 Å². The molecule has 1 unspecified atom stereocenters. The molecule has 1 atom stereocenters. The number of aromatic nitrogens is 1. The van der Waals surface area contributed by atoms with Gasteiger partial charge in [-0.25, -0.2) is 14.4 Å². The van der Waals surface area contributed by atoms with E-state index in [1.54, 1.807) is 18.3 Å². The van der Waals surface area contributed by atoms with Crippen molar-refractivity contribution >= 4 is 22.7 Å². The molecule has 2 aromatic rings. The molecule has 0 aliphatic carbocycles. The predicted molar refractivity (Wildman–Crippen MR) is 86.5 cm³/mol. The average molecular weight is 317 g/mol.